The fourth-order valence-electron chi connectivity index (χ4n) is 2.29. The summed E-state index contributed by atoms with van der Waals surface area (Å²) >= 11 is 0. The molecule has 2 unspecified atom stereocenters. The van der Waals surface area contributed by atoms with Gasteiger partial charge >= 0.3 is 6.09 Å². The van der Waals surface area contributed by atoms with Gasteiger partial charge in [0.05, 0.1) is 0 Å². The van der Waals surface area contributed by atoms with Gasteiger partial charge in [0.2, 0.25) is 5.91 Å². The second-order valence-electron chi connectivity index (χ2n) is 6.40. The van der Waals surface area contributed by atoms with Gasteiger partial charge in [-0.2, -0.15) is 0 Å². The van der Waals surface area contributed by atoms with Gasteiger partial charge in [-0.05, 0) is 45.1 Å². The Morgan fingerprint density at radius 3 is 2.60 bits per heavy atom. The van der Waals surface area contributed by atoms with E-state index in [0.717, 1.165) is 6.42 Å². The first-order chi connectivity index (χ1) is 9.23. The summed E-state index contributed by atoms with van der Waals surface area (Å²) in [4.78, 5) is 24.9. The van der Waals surface area contributed by atoms with Crippen molar-refractivity contribution < 1.29 is 14.3 Å². The summed E-state index contributed by atoms with van der Waals surface area (Å²) in [5.41, 5.74) is -0.463. The van der Waals surface area contributed by atoms with Crippen molar-refractivity contribution in [2.24, 2.45) is 11.8 Å². The first-order valence-electron chi connectivity index (χ1n) is 7.11. The molecule has 114 valence electrons. The number of hydrogen-bond acceptors (Lipinski definition) is 3. The predicted octanol–water partition coefficient (Wildman–Crippen LogP) is 2.18. The molecule has 1 heterocycles. The minimum Gasteiger partial charge on any atom is -0.444 e. The maximum absolute atomic E-state index is 12.0. The van der Waals surface area contributed by atoms with E-state index in [4.69, 9.17) is 4.74 Å². The number of nitrogens with zero attached hydrogens (tertiary/aromatic N) is 1. The lowest BCUT2D eigenvalue weighted by Crippen LogP contribution is -2.47. The van der Waals surface area contributed by atoms with E-state index in [0.29, 0.717) is 31.5 Å². The molecule has 0 aromatic carbocycles. The summed E-state index contributed by atoms with van der Waals surface area (Å²) in [7, 11) is 0. The lowest BCUT2D eigenvalue weighted by atomic mass is 9.87. The fraction of sp³-hybridized carbons (Fsp3) is 0.733. The van der Waals surface area contributed by atoms with Gasteiger partial charge < -0.3 is 15.0 Å². The summed E-state index contributed by atoms with van der Waals surface area (Å²) in [6, 6.07) is 0. The summed E-state index contributed by atoms with van der Waals surface area (Å²) < 4.78 is 5.38. The predicted molar refractivity (Wildman–Crippen MR) is 78.3 cm³/mol. The molecule has 2 amide bonds. The molecule has 0 spiro atoms. The Balaban J connectivity index is 2.44. The average Bonchev–Trinajstić information content (AvgIpc) is 2.34. The van der Waals surface area contributed by atoms with Crippen molar-refractivity contribution in [2.75, 3.05) is 19.6 Å². The van der Waals surface area contributed by atoms with Crippen LogP contribution in [-0.2, 0) is 9.53 Å². The normalized spacial score (nSPS) is 23.1. The Bertz CT molecular complexity index is 374. The average molecular weight is 282 g/mol. The number of carbonyl (C=O) groups excluding carboxylic acids is 2. The number of hydrogen-bond donors (Lipinski definition) is 1. The van der Waals surface area contributed by atoms with Crippen LogP contribution in [0.3, 0.4) is 0 Å². The van der Waals surface area contributed by atoms with Crippen LogP contribution in [0.15, 0.2) is 12.7 Å². The maximum Gasteiger partial charge on any atom is 0.410 e. The maximum atomic E-state index is 12.0. The monoisotopic (exact) mass is 282 g/mol. The van der Waals surface area contributed by atoms with E-state index >= 15 is 0 Å². The molecule has 1 fully saturated rings. The van der Waals surface area contributed by atoms with Crippen LogP contribution in [0.5, 0.6) is 0 Å². The van der Waals surface area contributed by atoms with Crippen LogP contribution in [0.4, 0.5) is 4.79 Å². The van der Waals surface area contributed by atoms with Gasteiger partial charge in [0, 0.05) is 19.6 Å². The van der Waals surface area contributed by atoms with Crippen molar-refractivity contribution in [2.45, 2.75) is 39.7 Å². The highest BCUT2D eigenvalue weighted by Crippen LogP contribution is 2.24. The summed E-state index contributed by atoms with van der Waals surface area (Å²) in [5.74, 6) is 0.575. The highest BCUT2D eigenvalue weighted by Gasteiger charge is 2.31. The van der Waals surface area contributed by atoms with Crippen LogP contribution in [-0.4, -0.2) is 42.1 Å². The van der Waals surface area contributed by atoms with Crippen LogP contribution >= 0.6 is 0 Å². The Labute approximate surface area is 121 Å². The van der Waals surface area contributed by atoms with E-state index in [-0.39, 0.29) is 12.0 Å². The number of nitrogens with one attached hydrogen (secondary N) is 1. The second kappa shape index (κ2) is 6.77. The first kappa shape index (κ1) is 16.5. The zero-order chi connectivity index (χ0) is 15.3. The lowest BCUT2D eigenvalue weighted by molar-refractivity contribution is -0.116. The summed E-state index contributed by atoms with van der Waals surface area (Å²) in [6.07, 6.45) is 1.90. The molecule has 5 nitrogen and oxygen atoms in total. The van der Waals surface area contributed by atoms with Gasteiger partial charge in [0.25, 0.3) is 0 Å². The van der Waals surface area contributed by atoms with Gasteiger partial charge in [-0.1, -0.05) is 13.5 Å². The Kier molecular flexibility index (Phi) is 5.60. The molecule has 0 aromatic heterocycles. The molecular weight excluding hydrogens is 256 g/mol. The van der Waals surface area contributed by atoms with Gasteiger partial charge in [0.15, 0.2) is 0 Å². The zero-order valence-electron chi connectivity index (χ0n) is 12.9. The molecule has 2 atom stereocenters. The van der Waals surface area contributed by atoms with Crippen LogP contribution in [0.2, 0.25) is 0 Å². The van der Waals surface area contributed by atoms with Gasteiger partial charge in [0.1, 0.15) is 5.60 Å². The number of rotatable bonds is 3. The molecule has 0 radical (unpaired) electrons. The van der Waals surface area contributed by atoms with Crippen molar-refractivity contribution in [1.82, 2.24) is 10.2 Å². The molecule has 1 aliphatic heterocycles. The molecule has 1 N–H and O–H groups in total. The molecule has 0 aromatic rings. The van der Waals surface area contributed by atoms with Crippen LogP contribution < -0.4 is 5.32 Å². The smallest absolute Gasteiger partial charge is 0.410 e. The zero-order valence-corrected chi connectivity index (χ0v) is 12.9. The Morgan fingerprint density at radius 2 is 2.10 bits per heavy atom. The van der Waals surface area contributed by atoms with Crippen molar-refractivity contribution in [3.63, 3.8) is 0 Å². The molecule has 1 saturated heterocycles. The minimum absolute atomic E-state index is 0.147. The fourth-order valence-corrected chi connectivity index (χ4v) is 2.29. The largest absolute Gasteiger partial charge is 0.444 e. The Hall–Kier alpha value is -1.52. The van der Waals surface area contributed by atoms with Gasteiger partial charge in [-0.3, -0.25) is 4.79 Å². The molecule has 1 aliphatic rings. The second-order valence-corrected chi connectivity index (χ2v) is 6.40. The molecule has 0 aliphatic carbocycles. The van der Waals surface area contributed by atoms with E-state index in [2.05, 4.69) is 18.8 Å². The van der Waals surface area contributed by atoms with E-state index in [1.54, 1.807) is 4.90 Å². The summed E-state index contributed by atoms with van der Waals surface area (Å²) in [5, 5.41) is 2.82. The van der Waals surface area contributed by atoms with E-state index < -0.39 is 5.60 Å². The van der Waals surface area contributed by atoms with Gasteiger partial charge in [-0.15, -0.1) is 0 Å². The third-order valence-electron chi connectivity index (χ3n) is 3.46. The summed E-state index contributed by atoms with van der Waals surface area (Å²) in [6.45, 7) is 13.1. The highest BCUT2D eigenvalue weighted by atomic mass is 16.6. The van der Waals surface area contributed by atoms with Crippen LogP contribution in [0.25, 0.3) is 0 Å². The van der Waals surface area contributed by atoms with Crippen molar-refractivity contribution in [1.29, 1.82) is 0 Å². The number of ether oxygens (including phenoxy) is 1. The Morgan fingerprint density at radius 1 is 1.45 bits per heavy atom. The van der Waals surface area contributed by atoms with Gasteiger partial charge in [-0.25, -0.2) is 4.79 Å². The molecule has 1 rings (SSSR count). The van der Waals surface area contributed by atoms with Crippen LogP contribution in [0, 0.1) is 11.8 Å². The lowest BCUT2D eigenvalue weighted by Gasteiger charge is -2.37. The van der Waals surface area contributed by atoms with Crippen LogP contribution in [0.1, 0.15) is 34.1 Å². The van der Waals surface area contributed by atoms with E-state index in [9.17, 15) is 9.59 Å². The number of likely N-dealkylation sites (tertiary alicyclic amines) is 1. The first-order valence-corrected chi connectivity index (χ1v) is 7.11. The van der Waals surface area contributed by atoms with Crippen molar-refractivity contribution >= 4 is 12.0 Å². The van der Waals surface area contributed by atoms with Crippen molar-refractivity contribution in [3.05, 3.63) is 12.7 Å². The number of carbonyl (C=O) groups is 2. The standard InChI is InChI=1S/C15H26N2O3/c1-6-13(18)16-9-12-7-8-17(10-11(12)2)14(19)20-15(3,4)5/h6,11-12H,1,7-10H2,2-5H3,(H,16,18). The number of amides is 2. The molecule has 0 bridgehead atoms. The molecule has 0 saturated carbocycles. The topological polar surface area (TPSA) is 58.6 Å². The highest BCUT2D eigenvalue weighted by molar-refractivity contribution is 5.86. The third kappa shape index (κ3) is 5.23. The molecule has 5 heteroatoms. The minimum atomic E-state index is -0.463. The van der Waals surface area contributed by atoms with Crippen molar-refractivity contribution in [3.8, 4) is 0 Å². The molecular formula is C15H26N2O3. The third-order valence-corrected chi connectivity index (χ3v) is 3.46. The van der Waals surface area contributed by atoms with E-state index in [1.165, 1.54) is 6.08 Å². The molecule has 20 heavy (non-hydrogen) atoms. The number of piperidine rings is 1. The SMILES string of the molecule is C=CC(=O)NCC1CCN(C(=O)OC(C)(C)C)CC1C. The van der Waals surface area contributed by atoms with E-state index in [1.807, 2.05) is 20.8 Å². The quantitative estimate of drug-likeness (QED) is 0.807.